The third-order valence-electron chi connectivity index (χ3n) is 3.57. The fraction of sp³-hybridized carbons (Fsp3) is 0.438. The Bertz CT molecular complexity index is 653. The zero-order chi connectivity index (χ0) is 16.1. The monoisotopic (exact) mass is 333 g/mol. The van der Waals surface area contributed by atoms with Gasteiger partial charge in [-0.05, 0) is 36.5 Å². The van der Waals surface area contributed by atoms with Crippen molar-refractivity contribution in [2.24, 2.45) is 5.92 Å². The van der Waals surface area contributed by atoms with Crippen molar-refractivity contribution in [2.75, 3.05) is 19.4 Å². The number of aromatic nitrogens is 2. The number of amides is 1. The molecule has 1 heterocycles. The molecule has 0 aliphatic heterocycles. The van der Waals surface area contributed by atoms with Crippen molar-refractivity contribution in [3.8, 4) is 5.75 Å². The van der Waals surface area contributed by atoms with E-state index in [1.54, 1.807) is 7.11 Å². The van der Waals surface area contributed by atoms with E-state index in [0.29, 0.717) is 29.2 Å². The number of hydrogen-bond acceptors (Lipinski definition) is 6. The van der Waals surface area contributed by atoms with E-state index in [1.165, 1.54) is 24.6 Å². The normalized spacial score (nSPS) is 13.8. The second-order valence-electron chi connectivity index (χ2n) is 5.52. The number of ether oxygens (including phenoxy) is 1. The second-order valence-corrected chi connectivity index (χ2v) is 6.45. The summed E-state index contributed by atoms with van der Waals surface area (Å²) in [7, 11) is 1.64. The number of hydrogen-bond donors (Lipinski definition) is 1. The molecule has 3 rings (SSSR count). The molecule has 2 aromatic rings. The molecule has 1 fully saturated rings. The first-order valence-corrected chi connectivity index (χ1v) is 8.56. The predicted octanol–water partition coefficient (Wildman–Crippen LogP) is 2.29. The van der Waals surface area contributed by atoms with E-state index in [1.807, 2.05) is 24.3 Å². The molecule has 1 aliphatic carbocycles. The van der Waals surface area contributed by atoms with E-state index < -0.39 is 0 Å². The lowest BCUT2D eigenvalue weighted by molar-refractivity contribution is -0.118. The number of benzene rings is 1. The van der Waals surface area contributed by atoms with Gasteiger partial charge in [0.15, 0.2) is 0 Å². The van der Waals surface area contributed by atoms with Crippen LogP contribution in [0.25, 0.3) is 0 Å². The molecule has 0 bridgehead atoms. The molecule has 1 saturated carbocycles. The zero-order valence-electron chi connectivity index (χ0n) is 12.9. The van der Waals surface area contributed by atoms with Gasteiger partial charge in [0.1, 0.15) is 5.75 Å². The van der Waals surface area contributed by atoms with Gasteiger partial charge in [-0.25, -0.2) is 0 Å². The van der Waals surface area contributed by atoms with Crippen molar-refractivity contribution in [2.45, 2.75) is 24.5 Å². The van der Waals surface area contributed by atoms with Gasteiger partial charge < -0.3 is 14.5 Å². The van der Waals surface area contributed by atoms with Gasteiger partial charge in [-0.2, -0.15) is 0 Å². The predicted molar refractivity (Wildman–Crippen MR) is 86.6 cm³/mol. The molecule has 6 nitrogen and oxygen atoms in total. The van der Waals surface area contributed by atoms with Crippen molar-refractivity contribution < 1.29 is 13.9 Å². The highest BCUT2D eigenvalue weighted by Gasteiger charge is 2.21. The van der Waals surface area contributed by atoms with Gasteiger partial charge in [-0.1, -0.05) is 23.9 Å². The summed E-state index contributed by atoms with van der Waals surface area (Å²) in [6, 6.07) is 7.71. The molecular weight excluding hydrogens is 314 g/mol. The minimum absolute atomic E-state index is 0.0109. The summed E-state index contributed by atoms with van der Waals surface area (Å²) in [6.45, 7) is 0.784. The lowest BCUT2D eigenvalue weighted by Gasteiger charge is -2.01. The van der Waals surface area contributed by atoms with Crippen LogP contribution in [-0.2, 0) is 11.2 Å². The highest BCUT2D eigenvalue weighted by Crippen LogP contribution is 2.27. The number of rotatable bonds is 8. The summed E-state index contributed by atoms with van der Waals surface area (Å²) in [4.78, 5) is 11.7. The van der Waals surface area contributed by atoms with Gasteiger partial charge in [-0.3, -0.25) is 4.79 Å². The minimum Gasteiger partial charge on any atom is -0.497 e. The van der Waals surface area contributed by atoms with Gasteiger partial charge in [0.25, 0.3) is 5.22 Å². The van der Waals surface area contributed by atoms with Crippen LogP contribution >= 0.6 is 11.8 Å². The second kappa shape index (κ2) is 7.50. The third kappa shape index (κ3) is 4.99. The Kier molecular flexibility index (Phi) is 5.17. The maximum absolute atomic E-state index is 11.7. The highest BCUT2D eigenvalue weighted by atomic mass is 32.2. The molecule has 23 heavy (non-hydrogen) atoms. The topological polar surface area (TPSA) is 77.2 Å². The van der Waals surface area contributed by atoms with Crippen molar-refractivity contribution in [3.05, 3.63) is 35.7 Å². The average molecular weight is 333 g/mol. The fourth-order valence-electron chi connectivity index (χ4n) is 2.04. The molecule has 0 saturated heterocycles. The van der Waals surface area contributed by atoms with Gasteiger partial charge in [0, 0.05) is 6.54 Å². The van der Waals surface area contributed by atoms with Crippen molar-refractivity contribution >= 4 is 17.7 Å². The number of methoxy groups -OCH3 is 1. The number of carbonyl (C=O) groups excluding carboxylic acids is 1. The lowest BCUT2D eigenvalue weighted by Crippen LogP contribution is -2.27. The van der Waals surface area contributed by atoms with Gasteiger partial charge in [0.05, 0.1) is 19.3 Å². The smallest absolute Gasteiger partial charge is 0.277 e. The molecule has 7 heteroatoms. The molecular formula is C16H19N3O3S. The Hall–Kier alpha value is -2.02. The summed E-state index contributed by atoms with van der Waals surface area (Å²) in [6.07, 6.45) is 3.02. The van der Waals surface area contributed by atoms with E-state index in [9.17, 15) is 4.79 Å². The van der Waals surface area contributed by atoms with Gasteiger partial charge in [-0.15, -0.1) is 10.2 Å². The number of carbonyl (C=O) groups is 1. The first-order chi connectivity index (χ1) is 11.2. The standard InChI is InChI=1S/C16H19N3O3S/c1-21-13-6-4-11(5-7-13)8-15-18-19-16(22-15)23-10-14(20)17-9-12-2-3-12/h4-7,12H,2-3,8-10H2,1H3,(H,17,20). The molecule has 1 aromatic carbocycles. The van der Waals surface area contributed by atoms with Crippen LogP contribution in [0.2, 0.25) is 0 Å². The first-order valence-electron chi connectivity index (χ1n) is 7.58. The fourth-order valence-corrected chi connectivity index (χ4v) is 2.65. The largest absolute Gasteiger partial charge is 0.497 e. The molecule has 1 N–H and O–H groups in total. The summed E-state index contributed by atoms with van der Waals surface area (Å²) in [5.74, 6) is 2.35. The highest BCUT2D eigenvalue weighted by molar-refractivity contribution is 7.99. The van der Waals surface area contributed by atoms with Gasteiger partial charge in [0.2, 0.25) is 11.8 Å². The Balaban J connectivity index is 1.45. The Morgan fingerprint density at radius 3 is 2.83 bits per heavy atom. The van der Waals surface area contributed by atoms with Crippen LogP contribution in [0.1, 0.15) is 24.3 Å². The van der Waals surface area contributed by atoms with E-state index in [2.05, 4.69) is 15.5 Å². The molecule has 122 valence electrons. The molecule has 0 spiro atoms. The Labute approximate surface area is 139 Å². The van der Waals surface area contributed by atoms with Crippen LogP contribution in [0, 0.1) is 5.92 Å². The SMILES string of the molecule is COc1ccc(Cc2nnc(SCC(=O)NCC3CC3)o2)cc1. The minimum atomic E-state index is 0.0109. The summed E-state index contributed by atoms with van der Waals surface area (Å²) in [5, 5.41) is 11.3. The summed E-state index contributed by atoms with van der Waals surface area (Å²) < 4.78 is 10.7. The number of nitrogens with zero attached hydrogens (tertiary/aromatic N) is 2. The Morgan fingerprint density at radius 2 is 2.13 bits per heavy atom. The molecule has 1 aliphatic rings. The van der Waals surface area contributed by atoms with E-state index in [4.69, 9.17) is 9.15 Å². The molecule has 1 aromatic heterocycles. The zero-order valence-corrected chi connectivity index (χ0v) is 13.8. The third-order valence-corrected chi connectivity index (χ3v) is 4.39. The molecule has 0 radical (unpaired) electrons. The number of nitrogens with one attached hydrogen (secondary N) is 1. The van der Waals surface area contributed by atoms with E-state index in [0.717, 1.165) is 17.9 Å². The van der Waals surface area contributed by atoms with Crippen LogP contribution in [-0.4, -0.2) is 35.5 Å². The lowest BCUT2D eigenvalue weighted by atomic mass is 10.1. The first kappa shape index (κ1) is 15.9. The quantitative estimate of drug-likeness (QED) is 0.747. The van der Waals surface area contributed by atoms with Crippen LogP contribution in [0.4, 0.5) is 0 Å². The van der Waals surface area contributed by atoms with Crippen molar-refractivity contribution in [3.63, 3.8) is 0 Å². The van der Waals surface area contributed by atoms with Crippen LogP contribution in [0.5, 0.6) is 5.75 Å². The van der Waals surface area contributed by atoms with Crippen molar-refractivity contribution in [1.82, 2.24) is 15.5 Å². The van der Waals surface area contributed by atoms with E-state index in [-0.39, 0.29) is 5.91 Å². The molecule has 0 unspecified atom stereocenters. The molecule has 1 amide bonds. The summed E-state index contributed by atoms with van der Waals surface area (Å²) in [5.41, 5.74) is 1.06. The van der Waals surface area contributed by atoms with Crippen molar-refractivity contribution in [1.29, 1.82) is 0 Å². The van der Waals surface area contributed by atoms with Crippen LogP contribution < -0.4 is 10.1 Å². The Morgan fingerprint density at radius 1 is 1.35 bits per heavy atom. The maximum Gasteiger partial charge on any atom is 0.277 e. The maximum atomic E-state index is 11.7. The number of thioether (sulfide) groups is 1. The summed E-state index contributed by atoms with van der Waals surface area (Å²) >= 11 is 1.27. The van der Waals surface area contributed by atoms with Gasteiger partial charge >= 0.3 is 0 Å². The van der Waals surface area contributed by atoms with Crippen LogP contribution in [0.15, 0.2) is 33.9 Å². The van der Waals surface area contributed by atoms with Crippen LogP contribution in [0.3, 0.4) is 0 Å². The molecule has 0 atom stereocenters. The average Bonchev–Trinajstić information content (AvgIpc) is 3.30. The van der Waals surface area contributed by atoms with E-state index >= 15 is 0 Å².